The Morgan fingerprint density at radius 1 is 1.41 bits per heavy atom. The highest BCUT2D eigenvalue weighted by Crippen LogP contribution is 2.12. The largest absolute Gasteiger partial charge is 0.361 e. The molecule has 96 valence electrons. The molecule has 1 unspecified atom stereocenters. The molecule has 2 rings (SSSR count). The number of nitrogens with one attached hydrogen (secondary N) is 1. The minimum atomic E-state index is 0.663. The molecule has 0 spiro atoms. The predicted octanol–water partition coefficient (Wildman–Crippen LogP) is 1.58. The smallest absolute Gasteiger partial charge is 0.182 e. The number of anilines is 1. The monoisotopic (exact) mass is 254 g/mol. The van der Waals surface area contributed by atoms with Crippen LogP contribution < -0.4 is 5.32 Å². The van der Waals surface area contributed by atoms with Crippen LogP contribution in [0.5, 0.6) is 0 Å². The summed E-state index contributed by atoms with van der Waals surface area (Å²) in [5.74, 6) is 0. The highest BCUT2D eigenvalue weighted by molar-refractivity contribution is 7.13. The average molecular weight is 254 g/mol. The first-order chi connectivity index (χ1) is 8.25. The molecule has 0 aliphatic carbocycles. The minimum Gasteiger partial charge on any atom is -0.361 e. The van der Waals surface area contributed by atoms with E-state index in [0.29, 0.717) is 6.04 Å². The van der Waals surface area contributed by atoms with E-state index in [1.165, 1.54) is 32.6 Å². The molecule has 0 aromatic carbocycles. The number of likely N-dealkylation sites (N-methyl/N-ethyl adjacent to an activating group) is 1. The van der Waals surface area contributed by atoms with E-state index in [2.05, 4.69) is 34.1 Å². The van der Waals surface area contributed by atoms with Gasteiger partial charge in [0.15, 0.2) is 5.13 Å². The second-order valence-electron chi connectivity index (χ2n) is 4.74. The van der Waals surface area contributed by atoms with Crippen LogP contribution in [0.1, 0.15) is 13.3 Å². The molecule has 5 heteroatoms. The molecular weight excluding hydrogens is 232 g/mol. The van der Waals surface area contributed by atoms with E-state index in [1.54, 1.807) is 11.3 Å². The maximum absolute atomic E-state index is 4.22. The van der Waals surface area contributed by atoms with Gasteiger partial charge in [0.25, 0.3) is 0 Å². The Bertz CT molecular complexity index is 306. The number of rotatable bonds is 5. The molecule has 0 radical (unpaired) electrons. The normalized spacial score (nSPS) is 20.4. The molecule has 1 atom stereocenters. The SMILES string of the molecule is CC(CCNc1nccs1)N1CCN(C)CC1. The van der Waals surface area contributed by atoms with Crippen molar-refractivity contribution < 1.29 is 0 Å². The number of thiazole rings is 1. The summed E-state index contributed by atoms with van der Waals surface area (Å²) in [4.78, 5) is 9.21. The molecule has 1 fully saturated rings. The number of hydrogen-bond donors (Lipinski definition) is 1. The first-order valence-corrected chi connectivity index (χ1v) is 7.19. The van der Waals surface area contributed by atoms with E-state index >= 15 is 0 Å². The summed E-state index contributed by atoms with van der Waals surface area (Å²) in [6, 6.07) is 0.663. The molecule has 0 amide bonds. The summed E-state index contributed by atoms with van der Waals surface area (Å²) in [6.45, 7) is 8.15. The highest BCUT2D eigenvalue weighted by Gasteiger charge is 2.18. The van der Waals surface area contributed by atoms with Gasteiger partial charge in [-0.15, -0.1) is 11.3 Å². The van der Waals surface area contributed by atoms with Crippen LogP contribution in [0.4, 0.5) is 5.13 Å². The van der Waals surface area contributed by atoms with Crippen LogP contribution in [0.2, 0.25) is 0 Å². The first-order valence-electron chi connectivity index (χ1n) is 6.31. The molecule has 1 N–H and O–H groups in total. The van der Waals surface area contributed by atoms with Gasteiger partial charge in [-0.3, -0.25) is 4.90 Å². The Kier molecular flexibility index (Phi) is 4.76. The van der Waals surface area contributed by atoms with E-state index in [4.69, 9.17) is 0 Å². The van der Waals surface area contributed by atoms with Gasteiger partial charge in [-0.2, -0.15) is 0 Å². The maximum Gasteiger partial charge on any atom is 0.182 e. The minimum absolute atomic E-state index is 0.663. The van der Waals surface area contributed by atoms with Crippen LogP contribution >= 0.6 is 11.3 Å². The molecule has 2 heterocycles. The third-order valence-corrected chi connectivity index (χ3v) is 4.16. The van der Waals surface area contributed by atoms with Crippen LogP contribution in [0, 0.1) is 0 Å². The molecule has 1 aliphatic heterocycles. The standard InChI is InChI=1S/C12H22N4S/c1-11(16-8-6-15(2)7-9-16)3-4-13-12-14-5-10-17-12/h5,10-11H,3-4,6-9H2,1-2H3,(H,13,14). The molecule has 1 aromatic heterocycles. The van der Waals surface area contributed by atoms with E-state index in [1.807, 2.05) is 11.6 Å². The van der Waals surface area contributed by atoms with E-state index < -0.39 is 0 Å². The summed E-state index contributed by atoms with van der Waals surface area (Å²) in [5.41, 5.74) is 0. The Morgan fingerprint density at radius 2 is 2.18 bits per heavy atom. The highest BCUT2D eigenvalue weighted by atomic mass is 32.1. The van der Waals surface area contributed by atoms with Gasteiger partial charge in [-0.05, 0) is 20.4 Å². The van der Waals surface area contributed by atoms with Crippen molar-refractivity contribution in [2.24, 2.45) is 0 Å². The lowest BCUT2D eigenvalue weighted by Gasteiger charge is -2.36. The van der Waals surface area contributed by atoms with Gasteiger partial charge in [0.2, 0.25) is 0 Å². The van der Waals surface area contributed by atoms with Gasteiger partial charge in [-0.1, -0.05) is 0 Å². The summed E-state index contributed by atoms with van der Waals surface area (Å²) in [7, 11) is 2.20. The Balaban J connectivity index is 1.65. The molecule has 0 bridgehead atoms. The Hall–Kier alpha value is -0.650. The van der Waals surface area contributed by atoms with Crippen LogP contribution in [0.3, 0.4) is 0 Å². The summed E-state index contributed by atoms with van der Waals surface area (Å²) < 4.78 is 0. The predicted molar refractivity (Wildman–Crippen MR) is 73.8 cm³/mol. The van der Waals surface area contributed by atoms with Gasteiger partial charge < -0.3 is 10.2 Å². The van der Waals surface area contributed by atoms with Gasteiger partial charge in [-0.25, -0.2) is 4.98 Å². The van der Waals surface area contributed by atoms with E-state index in [9.17, 15) is 0 Å². The van der Waals surface area contributed by atoms with Crippen molar-refractivity contribution in [3.8, 4) is 0 Å². The number of aromatic nitrogens is 1. The van der Waals surface area contributed by atoms with Crippen molar-refractivity contribution in [3.05, 3.63) is 11.6 Å². The molecule has 4 nitrogen and oxygen atoms in total. The van der Waals surface area contributed by atoms with Crippen LogP contribution in [0.25, 0.3) is 0 Å². The zero-order chi connectivity index (χ0) is 12.1. The molecule has 1 aromatic rings. The second kappa shape index (κ2) is 6.33. The number of hydrogen-bond acceptors (Lipinski definition) is 5. The third kappa shape index (κ3) is 3.94. The van der Waals surface area contributed by atoms with Crippen LogP contribution in [-0.2, 0) is 0 Å². The molecule has 1 saturated heterocycles. The molecule has 0 saturated carbocycles. The fraction of sp³-hybridized carbons (Fsp3) is 0.750. The fourth-order valence-corrected chi connectivity index (χ4v) is 2.70. The Labute approximate surface area is 108 Å². The van der Waals surface area contributed by atoms with Gasteiger partial charge in [0, 0.05) is 50.3 Å². The first kappa shape index (κ1) is 12.8. The van der Waals surface area contributed by atoms with Crippen molar-refractivity contribution in [2.75, 3.05) is 45.1 Å². The lowest BCUT2D eigenvalue weighted by atomic mass is 10.2. The van der Waals surface area contributed by atoms with Gasteiger partial charge in [0.05, 0.1) is 0 Å². The maximum atomic E-state index is 4.22. The van der Waals surface area contributed by atoms with Crippen LogP contribution in [0.15, 0.2) is 11.6 Å². The number of piperazine rings is 1. The van der Waals surface area contributed by atoms with Gasteiger partial charge in [0.1, 0.15) is 0 Å². The van der Waals surface area contributed by atoms with E-state index in [0.717, 1.165) is 11.7 Å². The summed E-state index contributed by atoms with van der Waals surface area (Å²) in [6.07, 6.45) is 3.03. The van der Waals surface area contributed by atoms with Gasteiger partial charge >= 0.3 is 0 Å². The fourth-order valence-electron chi connectivity index (χ4n) is 2.14. The second-order valence-corrected chi connectivity index (χ2v) is 5.64. The average Bonchev–Trinajstić information content (AvgIpc) is 2.83. The molecule has 17 heavy (non-hydrogen) atoms. The third-order valence-electron chi connectivity index (χ3n) is 3.43. The van der Waals surface area contributed by atoms with Crippen molar-refractivity contribution in [1.29, 1.82) is 0 Å². The lowest BCUT2D eigenvalue weighted by Crippen LogP contribution is -2.48. The quantitative estimate of drug-likeness (QED) is 0.864. The Morgan fingerprint density at radius 3 is 2.82 bits per heavy atom. The molecular formula is C12H22N4S. The zero-order valence-electron chi connectivity index (χ0n) is 10.7. The lowest BCUT2D eigenvalue weighted by molar-refractivity contribution is 0.116. The van der Waals surface area contributed by atoms with Crippen molar-refractivity contribution in [1.82, 2.24) is 14.8 Å². The van der Waals surface area contributed by atoms with E-state index in [-0.39, 0.29) is 0 Å². The topological polar surface area (TPSA) is 31.4 Å². The summed E-state index contributed by atoms with van der Waals surface area (Å²) >= 11 is 1.67. The molecule has 1 aliphatic rings. The van der Waals surface area contributed by atoms with Crippen molar-refractivity contribution >= 4 is 16.5 Å². The summed E-state index contributed by atoms with van der Waals surface area (Å²) in [5, 5.41) is 6.42. The van der Waals surface area contributed by atoms with Crippen molar-refractivity contribution in [3.63, 3.8) is 0 Å². The number of nitrogens with zero attached hydrogens (tertiary/aromatic N) is 3. The van der Waals surface area contributed by atoms with Crippen LogP contribution in [-0.4, -0.2) is 60.6 Å². The van der Waals surface area contributed by atoms with Crippen molar-refractivity contribution in [2.45, 2.75) is 19.4 Å². The zero-order valence-corrected chi connectivity index (χ0v) is 11.5.